The zero-order chi connectivity index (χ0) is 18.7. The van der Waals surface area contributed by atoms with E-state index in [-0.39, 0.29) is 6.61 Å². The van der Waals surface area contributed by atoms with Gasteiger partial charge in [0.2, 0.25) is 0 Å². The highest BCUT2D eigenvalue weighted by atomic mass is 16.5. The van der Waals surface area contributed by atoms with Gasteiger partial charge in [0, 0.05) is 18.4 Å². The number of carbonyl (C=O) groups excluding carboxylic acids is 1. The minimum atomic E-state index is -1.13. The number of aromatic nitrogens is 2. The summed E-state index contributed by atoms with van der Waals surface area (Å²) in [5, 5.41) is 16.3. The molecule has 0 saturated carbocycles. The van der Waals surface area contributed by atoms with Crippen molar-refractivity contribution in [3.63, 3.8) is 0 Å². The maximum absolute atomic E-state index is 12.7. The van der Waals surface area contributed by atoms with Gasteiger partial charge in [-0.25, -0.2) is 9.48 Å². The van der Waals surface area contributed by atoms with E-state index in [1.807, 2.05) is 35.9 Å². The molecule has 7 heteroatoms. The lowest BCUT2D eigenvalue weighted by Crippen LogP contribution is -2.44. The van der Waals surface area contributed by atoms with E-state index in [9.17, 15) is 14.7 Å². The van der Waals surface area contributed by atoms with Crippen LogP contribution in [0, 0.1) is 6.92 Å². The van der Waals surface area contributed by atoms with Crippen LogP contribution in [0.1, 0.15) is 40.2 Å². The molecule has 1 heterocycles. The van der Waals surface area contributed by atoms with E-state index in [1.54, 1.807) is 0 Å². The normalized spacial score (nSPS) is 14.5. The maximum Gasteiger partial charge on any atom is 0.328 e. The Hall–Kier alpha value is -2.67. The molecule has 7 nitrogen and oxygen atoms in total. The van der Waals surface area contributed by atoms with Gasteiger partial charge in [-0.3, -0.25) is 4.79 Å². The molecule has 1 aliphatic rings. The predicted molar refractivity (Wildman–Crippen MR) is 95.7 cm³/mol. The third kappa shape index (κ3) is 3.62. The first-order valence-electron chi connectivity index (χ1n) is 8.71. The number of carbonyl (C=O) groups is 2. The second-order valence-electron chi connectivity index (χ2n) is 6.55. The zero-order valence-corrected chi connectivity index (χ0v) is 15.0. The first kappa shape index (κ1) is 18.1. The minimum Gasteiger partial charge on any atom is -0.480 e. The second-order valence-corrected chi connectivity index (χ2v) is 6.55. The van der Waals surface area contributed by atoms with Gasteiger partial charge in [-0.15, -0.1) is 0 Å². The van der Waals surface area contributed by atoms with Crippen molar-refractivity contribution >= 4 is 11.9 Å². The summed E-state index contributed by atoms with van der Waals surface area (Å²) in [6, 6.07) is 6.86. The van der Waals surface area contributed by atoms with E-state index in [0.29, 0.717) is 5.69 Å². The van der Waals surface area contributed by atoms with Crippen LogP contribution in [0.25, 0.3) is 5.69 Å². The Morgan fingerprint density at radius 3 is 2.62 bits per heavy atom. The highest BCUT2D eigenvalue weighted by Crippen LogP contribution is 2.27. The van der Waals surface area contributed by atoms with Crippen LogP contribution in [0.15, 0.2) is 24.3 Å². The molecule has 1 aromatic carbocycles. The zero-order valence-electron chi connectivity index (χ0n) is 15.0. The van der Waals surface area contributed by atoms with Gasteiger partial charge < -0.3 is 15.2 Å². The van der Waals surface area contributed by atoms with Crippen LogP contribution in [-0.4, -0.2) is 46.5 Å². The van der Waals surface area contributed by atoms with Crippen LogP contribution >= 0.6 is 0 Å². The lowest BCUT2D eigenvalue weighted by atomic mass is 9.95. The van der Waals surface area contributed by atoms with Crippen molar-refractivity contribution in [1.29, 1.82) is 0 Å². The van der Waals surface area contributed by atoms with E-state index in [4.69, 9.17) is 4.74 Å². The molecule has 2 aromatic rings. The summed E-state index contributed by atoms with van der Waals surface area (Å²) in [4.78, 5) is 24.0. The Kier molecular flexibility index (Phi) is 5.37. The van der Waals surface area contributed by atoms with Crippen LogP contribution in [-0.2, 0) is 22.4 Å². The van der Waals surface area contributed by atoms with Gasteiger partial charge in [-0.2, -0.15) is 5.10 Å². The van der Waals surface area contributed by atoms with Crippen LogP contribution in [0.5, 0.6) is 0 Å². The largest absolute Gasteiger partial charge is 0.480 e. The van der Waals surface area contributed by atoms with Crippen molar-refractivity contribution in [3.05, 3.63) is 46.8 Å². The number of nitrogens with zero attached hydrogens (tertiary/aromatic N) is 2. The number of carboxylic acid groups (broad SMARTS) is 1. The Bertz CT molecular complexity index is 811. The number of aliphatic carboxylic acids is 1. The summed E-state index contributed by atoms with van der Waals surface area (Å²) in [6.07, 6.45) is 3.66. The monoisotopic (exact) mass is 357 g/mol. The number of aryl methyl sites for hydroxylation is 1. The van der Waals surface area contributed by atoms with E-state index in [2.05, 4.69) is 10.4 Å². The summed E-state index contributed by atoms with van der Waals surface area (Å²) in [5.74, 6) is -1.61. The molecule has 0 aliphatic heterocycles. The first-order valence-corrected chi connectivity index (χ1v) is 8.71. The van der Waals surface area contributed by atoms with Gasteiger partial charge in [0.25, 0.3) is 5.91 Å². The Morgan fingerprint density at radius 2 is 1.96 bits per heavy atom. The van der Waals surface area contributed by atoms with Crippen molar-refractivity contribution in [2.24, 2.45) is 0 Å². The van der Waals surface area contributed by atoms with Gasteiger partial charge in [-0.1, -0.05) is 17.7 Å². The number of hydrogen-bond donors (Lipinski definition) is 2. The summed E-state index contributed by atoms with van der Waals surface area (Å²) in [5.41, 5.74) is 4.30. The van der Waals surface area contributed by atoms with Crippen LogP contribution in [0.4, 0.5) is 0 Å². The average Bonchev–Trinajstić information content (AvgIpc) is 3.02. The number of ether oxygens (including phenoxy) is 1. The molecule has 0 bridgehead atoms. The third-order valence-electron chi connectivity index (χ3n) is 4.61. The molecule has 1 aliphatic carbocycles. The number of hydrogen-bond acceptors (Lipinski definition) is 4. The standard InChI is InChI=1S/C19H23N3O4/c1-12-7-9-13(10-8-12)22-16-6-4-3-5-14(16)17(21-22)18(23)20-15(11-26-2)19(24)25/h7-10,15H,3-6,11H2,1-2H3,(H,20,23)(H,24,25). The number of nitrogens with one attached hydrogen (secondary N) is 1. The molecule has 1 unspecified atom stereocenters. The fourth-order valence-corrected chi connectivity index (χ4v) is 3.25. The van der Waals surface area contributed by atoms with Gasteiger partial charge in [-0.05, 0) is 44.7 Å². The number of carboxylic acids is 1. The van der Waals surface area contributed by atoms with Gasteiger partial charge >= 0.3 is 5.97 Å². The number of rotatable bonds is 6. The van der Waals surface area contributed by atoms with Crippen LogP contribution < -0.4 is 5.32 Å². The molecule has 0 radical (unpaired) electrons. The van der Waals surface area contributed by atoms with E-state index in [1.165, 1.54) is 7.11 Å². The smallest absolute Gasteiger partial charge is 0.328 e. The van der Waals surface area contributed by atoms with Crippen molar-refractivity contribution in [2.45, 2.75) is 38.6 Å². The Labute approximate surface area is 152 Å². The molecule has 0 spiro atoms. The number of fused-ring (bicyclic) bond motifs is 1. The van der Waals surface area contributed by atoms with E-state index < -0.39 is 17.9 Å². The van der Waals surface area contributed by atoms with Crippen molar-refractivity contribution in [2.75, 3.05) is 13.7 Å². The van der Waals surface area contributed by atoms with Crippen molar-refractivity contribution < 1.29 is 19.4 Å². The van der Waals surface area contributed by atoms with Crippen LogP contribution in [0.2, 0.25) is 0 Å². The summed E-state index contributed by atoms with van der Waals surface area (Å²) in [7, 11) is 1.40. The molecule has 1 atom stereocenters. The van der Waals surface area contributed by atoms with Crippen molar-refractivity contribution in [1.82, 2.24) is 15.1 Å². The molecule has 2 N–H and O–H groups in total. The highest BCUT2D eigenvalue weighted by Gasteiger charge is 2.28. The molecule has 138 valence electrons. The topological polar surface area (TPSA) is 93.5 Å². The molecular formula is C19H23N3O4. The minimum absolute atomic E-state index is 0.0953. The SMILES string of the molecule is COCC(NC(=O)c1nn(-c2ccc(C)cc2)c2c1CCCC2)C(=O)O. The Balaban J connectivity index is 1.96. The van der Waals surface area contributed by atoms with E-state index >= 15 is 0 Å². The molecular weight excluding hydrogens is 334 g/mol. The number of benzene rings is 1. The first-order chi connectivity index (χ1) is 12.5. The number of amides is 1. The van der Waals surface area contributed by atoms with Crippen LogP contribution in [0.3, 0.4) is 0 Å². The lowest BCUT2D eigenvalue weighted by molar-refractivity contribution is -0.140. The lowest BCUT2D eigenvalue weighted by Gasteiger charge is -2.15. The maximum atomic E-state index is 12.7. The Morgan fingerprint density at radius 1 is 1.27 bits per heavy atom. The highest BCUT2D eigenvalue weighted by molar-refractivity contribution is 5.96. The molecule has 26 heavy (non-hydrogen) atoms. The third-order valence-corrected chi connectivity index (χ3v) is 4.61. The molecule has 0 fully saturated rings. The summed E-state index contributed by atoms with van der Waals surface area (Å²) in [6.45, 7) is 1.92. The van der Waals surface area contributed by atoms with E-state index in [0.717, 1.165) is 48.2 Å². The fourth-order valence-electron chi connectivity index (χ4n) is 3.25. The van der Waals surface area contributed by atoms with Crippen molar-refractivity contribution in [3.8, 4) is 5.69 Å². The van der Waals surface area contributed by atoms with Gasteiger partial charge in [0.1, 0.15) is 0 Å². The molecule has 0 saturated heterocycles. The predicted octanol–water partition coefficient (Wildman–Crippen LogP) is 1.89. The fraction of sp³-hybridized carbons (Fsp3) is 0.421. The average molecular weight is 357 g/mol. The summed E-state index contributed by atoms with van der Waals surface area (Å²) >= 11 is 0. The van der Waals surface area contributed by atoms with Gasteiger partial charge in [0.15, 0.2) is 11.7 Å². The molecule has 3 rings (SSSR count). The quantitative estimate of drug-likeness (QED) is 0.823. The van der Waals surface area contributed by atoms with Gasteiger partial charge in [0.05, 0.1) is 12.3 Å². The summed E-state index contributed by atoms with van der Waals surface area (Å²) < 4.78 is 6.69. The number of methoxy groups -OCH3 is 1. The molecule has 1 amide bonds. The molecule has 1 aromatic heterocycles. The second kappa shape index (κ2) is 7.70.